The molecule has 26 heavy (non-hydrogen) atoms. The van der Waals surface area contributed by atoms with Crippen molar-refractivity contribution in [3.8, 4) is 5.75 Å². The van der Waals surface area contributed by atoms with Crippen molar-refractivity contribution in [3.63, 3.8) is 0 Å². The average Bonchev–Trinajstić information content (AvgIpc) is 3.02. The average molecular weight is 369 g/mol. The third-order valence-electron chi connectivity index (χ3n) is 5.09. The summed E-state index contributed by atoms with van der Waals surface area (Å²) >= 11 is 0. The minimum Gasteiger partial charge on any atom is -0.406 e. The third-order valence-corrected chi connectivity index (χ3v) is 5.09. The lowest BCUT2D eigenvalue weighted by Crippen LogP contribution is -2.47. The maximum Gasteiger partial charge on any atom is 0.573 e. The predicted octanol–water partition coefficient (Wildman–Crippen LogP) is 3.36. The number of ether oxygens (including phenoxy) is 1. The number of hydrogen-bond donors (Lipinski definition) is 2. The summed E-state index contributed by atoms with van der Waals surface area (Å²) in [6.07, 6.45) is -0.978. The minimum absolute atomic E-state index is 0.0162. The molecular formula is C18H22F3N3O2. The Hall–Kier alpha value is -2.35. The summed E-state index contributed by atoms with van der Waals surface area (Å²) in [6, 6.07) is 5.85. The summed E-state index contributed by atoms with van der Waals surface area (Å²) in [5, 5.41) is 0. The fourth-order valence-electron chi connectivity index (χ4n) is 3.34. The normalized spacial score (nSPS) is 22.5. The largest absolute Gasteiger partial charge is 0.573 e. The highest BCUT2D eigenvalue weighted by molar-refractivity contribution is 5.62. The molecule has 1 atom stereocenters. The molecular weight excluding hydrogens is 347 g/mol. The van der Waals surface area contributed by atoms with E-state index in [4.69, 9.17) is 10.6 Å². The molecule has 0 spiro atoms. The van der Waals surface area contributed by atoms with E-state index in [1.54, 1.807) is 12.1 Å². The zero-order valence-corrected chi connectivity index (χ0v) is 14.5. The van der Waals surface area contributed by atoms with Crippen LogP contribution in [0.4, 0.5) is 13.2 Å². The number of benzene rings is 1. The molecule has 8 heteroatoms. The van der Waals surface area contributed by atoms with Crippen LogP contribution in [0.5, 0.6) is 5.75 Å². The molecule has 2 aliphatic rings. The van der Waals surface area contributed by atoms with Gasteiger partial charge in [-0.3, -0.25) is 0 Å². The maximum atomic E-state index is 12.2. The number of rotatable bonds is 4. The van der Waals surface area contributed by atoms with Crippen molar-refractivity contribution in [2.45, 2.75) is 32.2 Å². The van der Waals surface area contributed by atoms with E-state index in [0.717, 1.165) is 37.2 Å². The molecule has 1 unspecified atom stereocenters. The van der Waals surface area contributed by atoms with E-state index < -0.39 is 6.36 Å². The van der Waals surface area contributed by atoms with Gasteiger partial charge in [0.05, 0.1) is 6.04 Å². The molecule has 2 aliphatic heterocycles. The van der Waals surface area contributed by atoms with E-state index in [2.05, 4.69) is 28.6 Å². The molecule has 0 aromatic heterocycles. The van der Waals surface area contributed by atoms with Crippen LogP contribution in [0.3, 0.4) is 0 Å². The van der Waals surface area contributed by atoms with Crippen LogP contribution < -0.4 is 16.0 Å². The molecule has 2 heterocycles. The van der Waals surface area contributed by atoms with Gasteiger partial charge in [-0.15, -0.1) is 18.7 Å². The second kappa shape index (κ2) is 6.75. The van der Waals surface area contributed by atoms with Gasteiger partial charge in [-0.25, -0.2) is 0 Å². The number of nitrogens with zero attached hydrogens (tertiary/aromatic N) is 1. The number of halogens is 3. The minimum atomic E-state index is -4.69. The van der Waals surface area contributed by atoms with E-state index in [-0.39, 0.29) is 17.2 Å². The molecule has 0 radical (unpaired) electrons. The van der Waals surface area contributed by atoms with Crippen LogP contribution in [0.15, 0.2) is 42.8 Å². The molecule has 0 saturated carbocycles. The number of hydroxylamine groups is 1. The Bertz CT molecular complexity index is 693. The molecule has 142 valence electrons. The first-order valence-corrected chi connectivity index (χ1v) is 8.36. The van der Waals surface area contributed by atoms with E-state index >= 15 is 0 Å². The van der Waals surface area contributed by atoms with E-state index in [1.807, 2.05) is 6.08 Å². The number of likely N-dealkylation sites (tertiary alicyclic amines) is 1. The van der Waals surface area contributed by atoms with Crippen LogP contribution in [-0.4, -0.2) is 30.4 Å². The third kappa shape index (κ3) is 4.07. The summed E-state index contributed by atoms with van der Waals surface area (Å²) in [5.74, 6) is 0.154. The van der Waals surface area contributed by atoms with Gasteiger partial charge in [0.1, 0.15) is 5.75 Å². The Kier molecular flexibility index (Phi) is 4.79. The first-order chi connectivity index (χ1) is 12.2. The van der Waals surface area contributed by atoms with Gasteiger partial charge in [0.15, 0.2) is 0 Å². The summed E-state index contributed by atoms with van der Waals surface area (Å²) < 4.78 is 40.6. The van der Waals surface area contributed by atoms with Crippen molar-refractivity contribution in [2.75, 3.05) is 13.1 Å². The van der Waals surface area contributed by atoms with Gasteiger partial charge in [0.2, 0.25) is 5.88 Å². The first kappa shape index (κ1) is 18.4. The Morgan fingerprint density at radius 2 is 1.92 bits per heavy atom. The topological polar surface area (TPSA) is 59.8 Å². The predicted molar refractivity (Wildman–Crippen MR) is 91.4 cm³/mol. The van der Waals surface area contributed by atoms with Crippen molar-refractivity contribution >= 4 is 5.70 Å². The number of piperidine rings is 1. The van der Waals surface area contributed by atoms with Crippen LogP contribution in [0.2, 0.25) is 0 Å². The van der Waals surface area contributed by atoms with Crippen LogP contribution >= 0.6 is 0 Å². The highest BCUT2D eigenvalue weighted by Gasteiger charge is 2.39. The van der Waals surface area contributed by atoms with Crippen LogP contribution in [0.25, 0.3) is 5.70 Å². The zero-order chi connectivity index (χ0) is 18.9. The Morgan fingerprint density at radius 3 is 2.42 bits per heavy atom. The molecule has 1 fully saturated rings. The van der Waals surface area contributed by atoms with E-state index in [0.29, 0.717) is 5.88 Å². The standard InChI is InChI=1S/C18H22F3N3O2/c1-12(13-3-5-14(6-4-13)25-18(19,20)21)24-9-7-17(2,8-10-24)15-11-16(22)26-23-15/h3-6,11,15,23H,1,7-10,22H2,2H3. The monoisotopic (exact) mass is 369 g/mol. The van der Waals surface area contributed by atoms with Crippen LogP contribution in [-0.2, 0) is 4.84 Å². The second-order valence-electron chi connectivity index (χ2n) is 6.93. The van der Waals surface area contributed by atoms with Crippen molar-refractivity contribution in [3.05, 3.63) is 48.4 Å². The zero-order valence-electron chi connectivity index (χ0n) is 14.5. The number of nitrogens with two attached hydrogens (primary N) is 1. The van der Waals surface area contributed by atoms with Gasteiger partial charge in [-0.1, -0.05) is 13.5 Å². The fraction of sp³-hybridized carbons (Fsp3) is 0.444. The molecule has 1 saturated heterocycles. The molecule has 5 nitrogen and oxygen atoms in total. The smallest absolute Gasteiger partial charge is 0.406 e. The van der Waals surface area contributed by atoms with Gasteiger partial charge in [-0.2, -0.15) is 0 Å². The highest BCUT2D eigenvalue weighted by Crippen LogP contribution is 2.38. The molecule has 1 aromatic rings. The van der Waals surface area contributed by atoms with Crippen LogP contribution in [0, 0.1) is 5.41 Å². The first-order valence-electron chi connectivity index (χ1n) is 8.36. The summed E-state index contributed by atoms with van der Waals surface area (Å²) in [6.45, 7) is 7.88. The van der Waals surface area contributed by atoms with Gasteiger partial charge < -0.3 is 20.2 Å². The quantitative estimate of drug-likeness (QED) is 0.852. The van der Waals surface area contributed by atoms with Gasteiger partial charge >= 0.3 is 6.36 Å². The van der Waals surface area contributed by atoms with E-state index in [1.165, 1.54) is 12.1 Å². The van der Waals surface area contributed by atoms with Gasteiger partial charge in [-0.05, 0) is 54.2 Å². The number of hydrogen-bond acceptors (Lipinski definition) is 5. The van der Waals surface area contributed by atoms with Crippen molar-refractivity contribution in [1.82, 2.24) is 10.4 Å². The lowest BCUT2D eigenvalue weighted by atomic mass is 9.74. The number of nitrogens with one attached hydrogen (secondary N) is 1. The van der Waals surface area contributed by atoms with Gasteiger partial charge in [0, 0.05) is 18.8 Å². The highest BCUT2D eigenvalue weighted by atomic mass is 19.4. The van der Waals surface area contributed by atoms with Crippen molar-refractivity contribution < 1.29 is 22.7 Å². The fourth-order valence-corrected chi connectivity index (χ4v) is 3.34. The lowest BCUT2D eigenvalue weighted by molar-refractivity contribution is -0.274. The second-order valence-corrected chi connectivity index (χ2v) is 6.93. The molecule has 0 aliphatic carbocycles. The summed E-state index contributed by atoms with van der Waals surface area (Å²) in [7, 11) is 0. The molecule has 1 aromatic carbocycles. The maximum absolute atomic E-state index is 12.2. The van der Waals surface area contributed by atoms with Gasteiger partial charge in [0.25, 0.3) is 0 Å². The molecule has 0 amide bonds. The Labute approximate surface area is 150 Å². The SMILES string of the molecule is C=C(c1ccc(OC(F)(F)F)cc1)N1CCC(C)(C2C=C(N)ON2)CC1. The lowest BCUT2D eigenvalue weighted by Gasteiger charge is -2.43. The van der Waals surface area contributed by atoms with Crippen molar-refractivity contribution in [1.29, 1.82) is 0 Å². The number of alkyl halides is 3. The Morgan fingerprint density at radius 1 is 1.31 bits per heavy atom. The summed E-state index contributed by atoms with van der Waals surface area (Å²) in [4.78, 5) is 7.28. The molecule has 3 N–H and O–H groups in total. The summed E-state index contributed by atoms with van der Waals surface area (Å²) in [5.41, 5.74) is 10.2. The molecule has 0 bridgehead atoms. The van der Waals surface area contributed by atoms with Crippen LogP contribution in [0.1, 0.15) is 25.3 Å². The van der Waals surface area contributed by atoms with Crippen molar-refractivity contribution in [2.24, 2.45) is 11.1 Å². The van der Waals surface area contributed by atoms with E-state index in [9.17, 15) is 13.2 Å². The Balaban J connectivity index is 1.60. The molecule has 3 rings (SSSR count).